The van der Waals surface area contributed by atoms with Gasteiger partial charge in [-0.1, -0.05) is 22.0 Å². The van der Waals surface area contributed by atoms with E-state index in [4.69, 9.17) is 4.74 Å². The highest BCUT2D eigenvalue weighted by Gasteiger charge is 2.15. The molecular weight excluding hydrogens is 320 g/mol. The Labute approximate surface area is 127 Å². The van der Waals surface area contributed by atoms with Gasteiger partial charge in [-0.15, -0.1) is 0 Å². The smallest absolute Gasteiger partial charge is 0.407 e. The zero-order chi connectivity index (χ0) is 14.8. The average Bonchev–Trinajstić information content (AvgIpc) is 2.69. The molecule has 0 saturated heterocycles. The van der Waals surface area contributed by atoms with Crippen molar-refractivity contribution in [2.45, 2.75) is 32.8 Å². The predicted octanol–water partition coefficient (Wildman–Crippen LogP) is 4.00. The number of aromatic amines is 1. The zero-order valence-electron chi connectivity index (χ0n) is 11.9. The molecule has 4 nitrogen and oxygen atoms in total. The van der Waals surface area contributed by atoms with Gasteiger partial charge in [-0.25, -0.2) is 4.79 Å². The number of hydrogen-bond donors (Lipinski definition) is 2. The molecule has 0 aliphatic heterocycles. The number of amides is 1. The molecule has 2 rings (SSSR count). The van der Waals surface area contributed by atoms with Crippen LogP contribution in [0.5, 0.6) is 0 Å². The number of ether oxygens (including phenoxy) is 1. The largest absolute Gasteiger partial charge is 0.444 e. The van der Waals surface area contributed by atoms with E-state index in [1.807, 2.05) is 39.1 Å². The summed E-state index contributed by atoms with van der Waals surface area (Å²) in [5, 5.41) is 3.95. The summed E-state index contributed by atoms with van der Waals surface area (Å²) in [5.41, 5.74) is 1.81. The Morgan fingerprint density at radius 2 is 2.15 bits per heavy atom. The molecular formula is C15H19BrN2O2. The van der Waals surface area contributed by atoms with Gasteiger partial charge < -0.3 is 15.0 Å². The number of nitrogens with one attached hydrogen (secondary N) is 2. The second-order valence-corrected chi connectivity index (χ2v) is 6.60. The number of fused-ring (bicyclic) bond motifs is 1. The maximum absolute atomic E-state index is 11.5. The summed E-state index contributed by atoms with van der Waals surface area (Å²) in [5.74, 6) is 0. The molecule has 2 N–H and O–H groups in total. The summed E-state index contributed by atoms with van der Waals surface area (Å²) >= 11 is 3.45. The van der Waals surface area contributed by atoms with Crippen molar-refractivity contribution < 1.29 is 9.53 Å². The normalized spacial score (nSPS) is 11.6. The van der Waals surface area contributed by atoms with Crippen molar-refractivity contribution in [3.05, 3.63) is 34.4 Å². The fourth-order valence-corrected chi connectivity index (χ4v) is 2.34. The van der Waals surface area contributed by atoms with Crippen LogP contribution < -0.4 is 5.32 Å². The number of halogens is 1. The van der Waals surface area contributed by atoms with E-state index in [1.54, 1.807) is 0 Å². The number of benzene rings is 1. The lowest BCUT2D eigenvalue weighted by Crippen LogP contribution is -2.33. The molecule has 0 fully saturated rings. The lowest BCUT2D eigenvalue weighted by atomic mass is 10.1. The maximum atomic E-state index is 11.5. The number of rotatable bonds is 3. The molecule has 2 aromatic rings. The minimum Gasteiger partial charge on any atom is -0.444 e. The van der Waals surface area contributed by atoms with Crippen molar-refractivity contribution in [1.82, 2.24) is 10.3 Å². The monoisotopic (exact) mass is 338 g/mol. The number of alkyl carbamates (subject to hydrolysis) is 1. The van der Waals surface area contributed by atoms with Gasteiger partial charge in [-0.3, -0.25) is 0 Å². The molecule has 108 valence electrons. The maximum Gasteiger partial charge on any atom is 0.407 e. The van der Waals surface area contributed by atoms with E-state index in [9.17, 15) is 4.79 Å². The first kappa shape index (κ1) is 14.9. The van der Waals surface area contributed by atoms with Gasteiger partial charge in [-0.2, -0.15) is 0 Å². The summed E-state index contributed by atoms with van der Waals surface area (Å²) < 4.78 is 6.24. The van der Waals surface area contributed by atoms with Gasteiger partial charge >= 0.3 is 6.09 Å². The molecule has 0 saturated carbocycles. The first-order valence-electron chi connectivity index (χ1n) is 6.57. The van der Waals surface area contributed by atoms with E-state index >= 15 is 0 Å². The Hall–Kier alpha value is -1.49. The Bertz CT molecular complexity index is 614. The summed E-state index contributed by atoms with van der Waals surface area (Å²) in [4.78, 5) is 14.8. The molecule has 1 amide bonds. The fourth-order valence-electron chi connectivity index (χ4n) is 1.98. The van der Waals surface area contributed by atoms with Gasteiger partial charge in [0.05, 0.1) is 0 Å². The first-order valence-corrected chi connectivity index (χ1v) is 7.37. The third-order valence-electron chi connectivity index (χ3n) is 2.79. The van der Waals surface area contributed by atoms with Crippen LogP contribution in [-0.4, -0.2) is 23.2 Å². The Morgan fingerprint density at radius 1 is 1.40 bits per heavy atom. The molecule has 0 atom stereocenters. The molecule has 1 heterocycles. The predicted molar refractivity (Wildman–Crippen MR) is 83.9 cm³/mol. The SMILES string of the molecule is CC(C)(C)OC(=O)NCCc1c[nH]c2cc(Br)ccc12. The molecule has 0 spiro atoms. The van der Waals surface area contributed by atoms with Crippen LogP contribution in [0, 0.1) is 0 Å². The zero-order valence-corrected chi connectivity index (χ0v) is 13.5. The molecule has 0 unspecified atom stereocenters. The van der Waals surface area contributed by atoms with Crippen molar-refractivity contribution in [3.63, 3.8) is 0 Å². The topological polar surface area (TPSA) is 54.1 Å². The van der Waals surface area contributed by atoms with E-state index in [2.05, 4.69) is 32.3 Å². The number of carbonyl (C=O) groups excluding carboxylic acids is 1. The van der Waals surface area contributed by atoms with Crippen LogP contribution in [0.3, 0.4) is 0 Å². The molecule has 1 aromatic heterocycles. The summed E-state index contributed by atoms with van der Waals surface area (Å²) in [6.07, 6.45) is 2.37. The van der Waals surface area contributed by atoms with E-state index in [-0.39, 0.29) is 6.09 Å². The van der Waals surface area contributed by atoms with Crippen molar-refractivity contribution in [2.75, 3.05) is 6.54 Å². The molecule has 20 heavy (non-hydrogen) atoms. The Morgan fingerprint density at radius 3 is 2.85 bits per heavy atom. The third-order valence-corrected chi connectivity index (χ3v) is 3.29. The summed E-state index contributed by atoms with van der Waals surface area (Å²) in [7, 11) is 0. The minimum atomic E-state index is -0.461. The highest BCUT2D eigenvalue weighted by molar-refractivity contribution is 9.10. The van der Waals surface area contributed by atoms with Gasteiger partial charge in [-0.05, 0) is 44.9 Å². The lowest BCUT2D eigenvalue weighted by Gasteiger charge is -2.19. The summed E-state index contributed by atoms with van der Waals surface area (Å²) in [6.45, 7) is 6.11. The highest BCUT2D eigenvalue weighted by atomic mass is 79.9. The molecule has 5 heteroatoms. The molecule has 0 aliphatic rings. The minimum absolute atomic E-state index is 0.375. The molecule has 0 bridgehead atoms. The summed E-state index contributed by atoms with van der Waals surface area (Å²) in [6, 6.07) is 6.12. The van der Waals surface area contributed by atoms with Gasteiger partial charge in [0.2, 0.25) is 0 Å². The standard InChI is InChI=1S/C15H19BrN2O2/c1-15(2,3)20-14(19)17-7-6-10-9-18-13-8-11(16)4-5-12(10)13/h4-5,8-9,18H,6-7H2,1-3H3,(H,17,19). The molecule has 1 aromatic carbocycles. The van der Waals surface area contributed by atoms with Gasteiger partial charge in [0, 0.05) is 28.1 Å². The fraction of sp³-hybridized carbons (Fsp3) is 0.400. The van der Waals surface area contributed by atoms with Crippen molar-refractivity contribution in [3.8, 4) is 0 Å². The van der Waals surface area contributed by atoms with E-state index in [1.165, 1.54) is 10.9 Å². The van der Waals surface area contributed by atoms with E-state index in [0.29, 0.717) is 6.54 Å². The van der Waals surface area contributed by atoms with Crippen LogP contribution in [0.2, 0.25) is 0 Å². The second kappa shape index (κ2) is 5.87. The van der Waals surface area contributed by atoms with Crippen LogP contribution >= 0.6 is 15.9 Å². The Kier molecular flexibility index (Phi) is 4.38. The number of H-pyrrole nitrogens is 1. The average molecular weight is 339 g/mol. The van der Waals surface area contributed by atoms with Crippen LogP contribution in [-0.2, 0) is 11.2 Å². The van der Waals surface area contributed by atoms with Crippen molar-refractivity contribution >= 4 is 32.9 Å². The molecule has 0 aliphatic carbocycles. The Balaban J connectivity index is 1.92. The number of hydrogen-bond acceptors (Lipinski definition) is 2. The number of carbonyl (C=O) groups is 1. The third kappa shape index (κ3) is 4.00. The van der Waals surface area contributed by atoms with Crippen molar-refractivity contribution in [2.24, 2.45) is 0 Å². The highest BCUT2D eigenvalue weighted by Crippen LogP contribution is 2.22. The van der Waals surface area contributed by atoms with Gasteiger partial charge in [0.15, 0.2) is 0 Å². The second-order valence-electron chi connectivity index (χ2n) is 5.68. The van der Waals surface area contributed by atoms with E-state index in [0.717, 1.165) is 16.4 Å². The quantitative estimate of drug-likeness (QED) is 0.888. The van der Waals surface area contributed by atoms with Crippen LogP contribution in [0.1, 0.15) is 26.3 Å². The van der Waals surface area contributed by atoms with Crippen LogP contribution in [0.25, 0.3) is 10.9 Å². The van der Waals surface area contributed by atoms with Crippen LogP contribution in [0.4, 0.5) is 4.79 Å². The number of aromatic nitrogens is 1. The van der Waals surface area contributed by atoms with Gasteiger partial charge in [0.1, 0.15) is 5.60 Å². The van der Waals surface area contributed by atoms with Crippen molar-refractivity contribution in [1.29, 1.82) is 0 Å². The van der Waals surface area contributed by atoms with E-state index < -0.39 is 5.60 Å². The van der Waals surface area contributed by atoms with Crippen LogP contribution in [0.15, 0.2) is 28.9 Å². The first-order chi connectivity index (χ1) is 9.35. The van der Waals surface area contributed by atoms with Gasteiger partial charge in [0.25, 0.3) is 0 Å². The molecule has 0 radical (unpaired) electrons. The lowest BCUT2D eigenvalue weighted by molar-refractivity contribution is 0.0528.